The highest BCUT2D eigenvalue weighted by molar-refractivity contribution is 5.85. The van der Waals surface area contributed by atoms with Crippen molar-refractivity contribution in [1.82, 2.24) is 4.90 Å². The number of nitrogens with zero attached hydrogens (tertiary/aromatic N) is 1. The molecule has 0 aromatic heterocycles. The van der Waals surface area contributed by atoms with E-state index >= 15 is 0 Å². The Morgan fingerprint density at radius 2 is 1.95 bits per heavy atom. The predicted molar refractivity (Wildman–Crippen MR) is 93.4 cm³/mol. The minimum Gasteiger partial charge on any atom is -0.383 e. The summed E-state index contributed by atoms with van der Waals surface area (Å²) in [4.78, 5) is 14.2. The van der Waals surface area contributed by atoms with Crippen molar-refractivity contribution in [3.05, 3.63) is 35.9 Å². The molecule has 0 aliphatic carbocycles. The average Bonchev–Trinajstić information content (AvgIpc) is 2.51. The van der Waals surface area contributed by atoms with E-state index < -0.39 is 0 Å². The van der Waals surface area contributed by atoms with Gasteiger partial charge in [0, 0.05) is 20.2 Å². The van der Waals surface area contributed by atoms with Gasteiger partial charge >= 0.3 is 0 Å². The van der Waals surface area contributed by atoms with E-state index in [0.29, 0.717) is 13.2 Å². The number of hydrogen-bond donors (Lipinski definition) is 1. The van der Waals surface area contributed by atoms with Gasteiger partial charge in [0.05, 0.1) is 12.6 Å². The number of rotatable bonds is 10. The molecule has 0 aliphatic heterocycles. The predicted octanol–water partition coefficient (Wildman–Crippen LogP) is 2.64. The lowest BCUT2D eigenvalue weighted by atomic mass is 10.1. The third-order valence-corrected chi connectivity index (χ3v) is 3.53. The number of benzene rings is 1. The maximum Gasteiger partial charge on any atom is 0.239 e. The highest BCUT2D eigenvalue weighted by Crippen LogP contribution is 2.06. The summed E-state index contributed by atoms with van der Waals surface area (Å²) in [6.45, 7) is 3.94. The molecular weight excluding hydrogens is 300 g/mol. The Bertz CT molecular complexity index is 401. The fourth-order valence-corrected chi connectivity index (χ4v) is 2.32. The number of aryl methyl sites for hydroxylation is 1. The Balaban J connectivity index is 0.00000441. The first-order chi connectivity index (χ1) is 10.2. The van der Waals surface area contributed by atoms with Crippen molar-refractivity contribution in [3.63, 3.8) is 0 Å². The van der Waals surface area contributed by atoms with E-state index in [9.17, 15) is 4.79 Å². The summed E-state index contributed by atoms with van der Waals surface area (Å²) in [5.41, 5.74) is 7.25. The van der Waals surface area contributed by atoms with Crippen LogP contribution in [0.15, 0.2) is 30.3 Å². The van der Waals surface area contributed by atoms with Crippen LogP contribution in [0.4, 0.5) is 0 Å². The normalized spacial score (nSPS) is 11.6. The van der Waals surface area contributed by atoms with E-state index in [0.717, 1.165) is 32.2 Å². The van der Waals surface area contributed by atoms with E-state index in [1.165, 1.54) is 5.56 Å². The summed E-state index contributed by atoms with van der Waals surface area (Å²) in [5.74, 6) is 0.0435. The molecule has 1 atom stereocenters. The zero-order valence-electron chi connectivity index (χ0n) is 13.7. The Morgan fingerprint density at radius 3 is 2.55 bits per heavy atom. The summed E-state index contributed by atoms with van der Waals surface area (Å²) in [5, 5.41) is 0. The molecule has 0 fully saturated rings. The molecular formula is C17H29ClN2O2. The van der Waals surface area contributed by atoms with Gasteiger partial charge in [-0.25, -0.2) is 0 Å². The fourth-order valence-electron chi connectivity index (χ4n) is 2.32. The lowest BCUT2D eigenvalue weighted by Crippen LogP contribution is -2.45. The van der Waals surface area contributed by atoms with Crippen LogP contribution in [0.3, 0.4) is 0 Å². The molecule has 0 heterocycles. The van der Waals surface area contributed by atoms with Crippen LogP contribution in [-0.2, 0) is 16.0 Å². The summed E-state index contributed by atoms with van der Waals surface area (Å²) in [6, 6.07) is 9.94. The standard InChI is InChI=1S/C17H28N2O2.ClH/c1-3-8-16(18)17(20)19(13-14-21-2)12-7-11-15-9-5-4-6-10-15;/h4-6,9-10,16H,3,7-8,11-14,18H2,1-2H3;1H. The Hall–Kier alpha value is -1.10. The molecule has 5 heteroatoms. The number of halogens is 1. The maximum atomic E-state index is 12.3. The van der Waals surface area contributed by atoms with Gasteiger partial charge in [-0.3, -0.25) is 4.79 Å². The molecule has 0 aliphatic rings. The van der Waals surface area contributed by atoms with E-state index in [1.54, 1.807) is 7.11 Å². The molecule has 22 heavy (non-hydrogen) atoms. The van der Waals surface area contributed by atoms with Crippen molar-refractivity contribution < 1.29 is 9.53 Å². The van der Waals surface area contributed by atoms with Crippen LogP contribution in [-0.4, -0.2) is 43.7 Å². The lowest BCUT2D eigenvalue weighted by Gasteiger charge is -2.25. The van der Waals surface area contributed by atoms with Gasteiger partial charge in [0.15, 0.2) is 0 Å². The number of carbonyl (C=O) groups is 1. The molecule has 4 nitrogen and oxygen atoms in total. The van der Waals surface area contributed by atoms with Gasteiger partial charge in [-0.2, -0.15) is 0 Å². The van der Waals surface area contributed by atoms with Crippen molar-refractivity contribution >= 4 is 18.3 Å². The van der Waals surface area contributed by atoms with E-state index in [4.69, 9.17) is 10.5 Å². The summed E-state index contributed by atoms with van der Waals surface area (Å²) in [7, 11) is 1.65. The zero-order valence-corrected chi connectivity index (χ0v) is 14.5. The van der Waals surface area contributed by atoms with Crippen molar-refractivity contribution in [2.24, 2.45) is 5.73 Å². The number of nitrogens with two attached hydrogens (primary N) is 1. The first kappa shape index (κ1) is 20.9. The smallest absolute Gasteiger partial charge is 0.239 e. The number of methoxy groups -OCH3 is 1. The highest BCUT2D eigenvalue weighted by Gasteiger charge is 2.19. The fraction of sp³-hybridized carbons (Fsp3) is 0.588. The van der Waals surface area contributed by atoms with Gasteiger partial charge in [0.1, 0.15) is 0 Å². The van der Waals surface area contributed by atoms with Crippen LogP contribution in [0, 0.1) is 0 Å². The van der Waals surface area contributed by atoms with Gasteiger partial charge in [-0.05, 0) is 24.8 Å². The van der Waals surface area contributed by atoms with Gasteiger partial charge in [-0.1, -0.05) is 43.7 Å². The molecule has 126 valence electrons. The molecule has 0 bridgehead atoms. The van der Waals surface area contributed by atoms with Gasteiger partial charge < -0.3 is 15.4 Å². The second-order valence-electron chi connectivity index (χ2n) is 5.30. The largest absolute Gasteiger partial charge is 0.383 e. The molecule has 0 spiro atoms. The van der Waals surface area contributed by atoms with Crippen LogP contribution in [0.25, 0.3) is 0 Å². The molecule has 0 radical (unpaired) electrons. The van der Waals surface area contributed by atoms with Gasteiger partial charge in [0.2, 0.25) is 5.91 Å². The van der Waals surface area contributed by atoms with Crippen molar-refractivity contribution in [1.29, 1.82) is 0 Å². The number of amides is 1. The van der Waals surface area contributed by atoms with E-state index in [-0.39, 0.29) is 24.4 Å². The Morgan fingerprint density at radius 1 is 1.27 bits per heavy atom. The minimum atomic E-state index is -0.386. The SMILES string of the molecule is CCCC(N)C(=O)N(CCCc1ccccc1)CCOC.Cl. The zero-order chi connectivity index (χ0) is 15.5. The first-order valence-corrected chi connectivity index (χ1v) is 7.76. The molecule has 0 saturated carbocycles. The number of ether oxygens (including phenoxy) is 1. The third-order valence-electron chi connectivity index (χ3n) is 3.53. The molecule has 1 aromatic carbocycles. The molecule has 0 saturated heterocycles. The lowest BCUT2D eigenvalue weighted by molar-refractivity contribution is -0.133. The number of carbonyl (C=O) groups excluding carboxylic acids is 1. The molecule has 1 rings (SSSR count). The average molecular weight is 329 g/mol. The van der Waals surface area contributed by atoms with Crippen molar-refractivity contribution in [3.8, 4) is 0 Å². The van der Waals surface area contributed by atoms with Crippen LogP contribution in [0.5, 0.6) is 0 Å². The van der Waals surface area contributed by atoms with Crippen LogP contribution < -0.4 is 5.73 Å². The quantitative estimate of drug-likeness (QED) is 0.718. The second kappa shape index (κ2) is 12.4. The van der Waals surface area contributed by atoms with Crippen molar-refractivity contribution in [2.75, 3.05) is 26.8 Å². The van der Waals surface area contributed by atoms with Crippen molar-refractivity contribution in [2.45, 2.75) is 38.6 Å². The monoisotopic (exact) mass is 328 g/mol. The van der Waals surface area contributed by atoms with Crippen LogP contribution in [0.1, 0.15) is 31.7 Å². The third kappa shape index (κ3) is 7.78. The molecule has 1 aromatic rings. The Kier molecular flexibility index (Phi) is 11.8. The van der Waals surface area contributed by atoms with Gasteiger partial charge in [0.25, 0.3) is 0 Å². The van der Waals surface area contributed by atoms with E-state index in [1.807, 2.05) is 30.0 Å². The maximum absolute atomic E-state index is 12.3. The Labute approximate surface area is 140 Å². The van der Waals surface area contributed by atoms with Crippen LogP contribution in [0.2, 0.25) is 0 Å². The topological polar surface area (TPSA) is 55.6 Å². The molecule has 2 N–H and O–H groups in total. The van der Waals surface area contributed by atoms with Gasteiger partial charge in [-0.15, -0.1) is 12.4 Å². The van der Waals surface area contributed by atoms with Crippen LogP contribution >= 0.6 is 12.4 Å². The molecule has 1 unspecified atom stereocenters. The summed E-state index contributed by atoms with van der Waals surface area (Å²) in [6.07, 6.45) is 3.58. The minimum absolute atomic E-state index is 0. The molecule has 1 amide bonds. The highest BCUT2D eigenvalue weighted by atomic mass is 35.5. The first-order valence-electron chi connectivity index (χ1n) is 7.76. The second-order valence-corrected chi connectivity index (χ2v) is 5.30. The number of hydrogen-bond acceptors (Lipinski definition) is 3. The summed E-state index contributed by atoms with van der Waals surface area (Å²) >= 11 is 0. The summed E-state index contributed by atoms with van der Waals surface area (Å²) < 4.78 is 5.09. The van der Waals surface area contributed by atoms with E-state index in [2.05, 4.69) is 12.1 Å².